The molecule has 2 amide bonds. The van der Waals surface area contributed by atoms with E-state index >= 15 is 0 Å². The molecule has 2 atom stereocenters. The second kappa shape index (κ2) is 8.31. The number of aliphatic hydroxyl groups excluding tert-OH is 1. The van der Waals surface area contributed by atoms with Gasteiger partial charge in [0, 0.05) is 31.9 Å². The van der Waals surface area contributed by atoms with Crippen LogP contribution in [-0.2, 0) is 7.05 Å². The molecule has 23 heavy (non-hydrogen) atoms. The van der Waals surface area contributed by atoms with E-state index in [2.05, 4.69) is 20.6 Å². The number of urea groups is 1. The maximum atomic E-state index is 12.0. The lowest BCUT2D eigenvalue weighted by atomic mass is 9.87. The summed E-state index contributed by atoms with van der Waals surface area (Å²) >= 11 is 0. The molecule has 0 aliphatic carbocycles. The summed E-state index contributed by atoms with van der Waals surface area (Å²) in [6.07, 6.45) is 4.04. The molecule has 1 aromatic rings. The van der Waals surface area contributed by atoms with Crippen LogP contribution in [0.5, 0.6) is 0 Å². The van der Waals surface area contributed by atoms with Crippen molar-refractivity contribution in [2.24, 2.45) is 12.5 Å². The molecule has 0 saturated carbocycles. The van der Waals surface area contributed by atoms with Crippen LogP contribution >= 0.6 is 0 Å². The molecule has 0 radical (unpaired) electrons. The van der Waals surface area contributed by atoms with E-state index in [4.69, 9.17) is 0 Å². The van der Waals surface area contributed by atoms with Gasteiger partial charge in [-0.15, -0.1) is 0 Å². The number of rotatable bonds is 8. The Bertz CT molecular complexity index is 496. The van der Waals surface area contributed by atoms with Crippen LogP contribution < -0.4 is 10.6 Å². The van der Waals surface area contributed by atoms with Crippen LogP contribution in [0, 0.1) is 5.41 Å². The predicted molar refractivity (Wildman–Crippen MR) is 91.1 cm³/mol. The van der Waals surface area contributed by atoms with E-state index < -0.39 is 0 Å². The lowest BCUT2D eigenvalue weighted by Crippen LogP contribution is -2.44. The van der Waals surface area contributed by atoms with Crippen LogP contribution in [0.1, 0.15) is 38.8 Å². The molecule has 1 aromatic heterocycles. The van der Waals surface area contributed by atoms with E-state index in [1.807, 2.05) is 47.4 Å². The van der Waals surface area contributed by atoms with Crippen molar-refractivity contribution in [1.82, 2.24) is 25.3 Å². The number of amides is 2. The number of hydrogen-bond donors (Lipinski definition) is 3. The van der Waals surface area contributed by atoms with Gasteiger partial charge in [-0.3, -0.25) is 4.68 Å². The highest BCUT2D eigenvalue weighted by atomic mass is 16.3. The van der Waals surface area contributed by atoms with Crippen molar-refractivity contribution in [3.05, 3.63) is 18.0 Å². The highest BCUT2D eigenvalue weighted by Gasteiger charge is 2.22. The van der Waals surface area contributed by atoms with Crippen molar-refractivity contribution in [3.63, 3.8) is 0 Å². The minimum absolute atomic E-state index is 0.0694. The molecule has 2 unspecified atom stereocenters. The molecule has 0 bridgehead atoms. The third-order valence-corrected chi connectivity index (χ3v) is 3.76. The van der Waals surface area contributed by atoms with Gasteiger partial charge >= 0.3 is 6.03 Å². The molecule has 0 fully saturated rings. The SMILES string of the molecule is CC(O)CC(C)(C)CNC(=O)NCC(c1cnn(C)c1)N(C)C. The van der Waals surface area contributed by atoms with Crippen molar-refractivity contribution < 1.29 is 9.90 Å². The maximum absolute atomic E-state index is 12.0. The highest BCUT2D eigenvalue weighted by molar-refractivity contribution is 5.73. The summed E-state index contributed by atoms with van der Waals surface area (Å²) in [5, 5.41) is 19.4. The Morgan fingerprint density at radius 3 is 2.57 bits per heavy atom. The highest BCUT2D eigenvalue weighted by Crippen LogP contribution is 2.21. The number of carbonyl (C=O) groups is 1. The van der Waals surface area contributed by atoms with Crippen molar-refractivity contribution >= 4 is 6.03 Å². The summed E-state index contributed by atoms with van der Waals surface area (Å²) in [5.74, 6) is 0. The van der Waals surface area contributed by atoms with Gasteiger partial charge in [-0.05, 0) is 32.9 Å². The Labute approximate surface area is 139 Å². The first-order valence-corrected chi connectivity index (χ1v) is 7.95. The molecule has 0 aromatic carbocycles. The molecular formula is C16H31N5O2. The van der Waals surface area contributed by atoms with E-state index in [0.29, 0.717) is 19.5 Å². The van der Waals surface area contributed by atoms with Crippen molar-refractivity contribution in [1.29, 1.82) is 0 Å². The van der Waals surface area contributed by atoms with Crippen LogP contribution in [-0.4, -0.2) is 59.1 Å². The zero-order valence-corrected chi connectivity index (χ0v) is 15.1. The van der Waals surface area contributed by atoms with E-state index in [-0.39, 0.29) is 23.6 Å². The van der Waals surface area contributed by atoms with E-state index in [1.54, 1.807) is 11.6 Å². The molecule has 3 N–H and O–H groups in total. The van der Waals surface area contributed by atoms with Crippen LogP contribution in [0.15, 0.2) is 12.4 Å². The minimum atomic E-state index is -0.376. The van der Waals surface area contributed by atoms with E-state index in [0.717, 1.165) is 5.56 Å². The van der Waals surface area contributed by atoms with Crippen LogP contribution in [0.2, 0.25) is 0 Å². The molecule has 7 heteroatoms. The number of hydrogen-bond acceptors (Lipinski definition) is 4. The lowest BCUT2D eigenvalue weighted by molar-refractivity contribution is 0.128. The molecule has 7 nitrogen and oxygen atoms in total. The summed E-state index contributed by atoms with van der Waals surface area (Å²) in [6.45, 7) is 6.83. The van der Waals surface area contributed by atoms with Crippen molar-refractivity contribution in [2.45, 2.75) is 39.3 Å². The van der Waals surface area contributed by atoms with Gasteiger partial charge in [-0.25, -0.2) is 4.79 Å². The van der Waals surface area contributed by atoms with Gasteiger partial charge < -0.3 is 20.6 Å². The number of aromatic nitrogens is 2. The zero-order chi connectivity index (χ0) is 17.6. The third kappa shape index (κ3) is 7.00. The number of aryl methyl sites for hydroxylation is 1. The Hall–Kier alpha value is -1.60. The normalized spacial score (nSPS) is 14.6. The Morgan fingerprint density at radius 2 is 2.09 bits per heavy atom. The molecule has 0 aliphatic rings. The Kier molecular flexibility index (Phi) is 7.02. The monoisotopic (exact) mass is 325 g/mol. The first-order chi connectivity index (χ1) is 10.6. The van der Waals surface area contributed by atoms with Gasteiger partial charge in [0.2, 0.25) is 0 Å². The van der Waals surface area contributed by atoms with E-state index in [1.165, 1.54) is 0 Å². The standard InChI is InChI=1S/C16H31N5O2/c1-12(22)7-16(2,3)11-18-15(23)17-9-14(20(4)5)13-8-19-21(6)10-13/h8,10,12,14,22H,7,9,11H2,1-6H3,(H2,17,18,23). The third-order valence-electron chi connectivity index (χ3n) is 3.76. The van der Waals surface area contributed by atoms with Gasteiger partial charge in [0.1, 0.15) is 0 Å². The smallest absolute Gasteiger partial charge is 0.314 e. The number of aliphatic hydroxyl groups is 1. The molecule has 1 rings (SSSR count). The van der Waals surface area contributed by atoms with Gasteiger partial charge in [0.15, 0.2) is 0 Å². The molecule has 0 spiro atoms. The van der Waals surface area contributed by atoms with Gasteiger partial charge in [0.05, 0.1) is 18.3 Å². The number of likely N-dealkylation sites (N-methyl/N-ethyl adjacent to an activating group) is 1. The molecular weight excluding hydrogens is 294 g/mol. The summed E-state index contributed by atoms with van der Waals surface area (Å²) in [7, 11) is 5.83. The average Bonchev–Trinajstić information content (AvgIpc) is 2.81. The summed E-state index contributed by atoms with van der Waals surface area (Å²) < 4.78 is 1.75. The maximum Gasteiger partial charge on any atom is 0.314 e. The topological polar surface area (TPSA) is 82.4 Å². The fourth-order valence-corrected chi connectivity index (χ4v) is 2.65. The quantitative estimate of drug-likeness (QED) is 0.669. The summed E-state index contributed by atoms with van der Waals surface area (Å²) in [4.78, 5) is 14.1. The van der Waals surface area contributed by atoms with Crippen LogP contribution in [0.25, 0.3) is 0 Å². The number of carbonyl (C=O) groups excluding carboxylic acids is 1. The van der Waals surface area contributed by atoms with Crippen LogP contribution in [0.3, 0.4) is 0 Å². The lowest BCUT2D eigenvalue weighted by Gasteiger charge is -2.27. The van der Waals surface area contributed by atoms with Crippen LogP contribution in [0.4, 0.5) is 4.79 Å². The summed E-state index contributed by atoms with van der Waals surface area (Å²) in [5.41, 5.74) is 0.919. The second-order valence-corrected chi connectivity index (χ2v) is 7.21. The predicted octanol–water partition coefficient (Wildman–Crippen LogP) is 1.12. The zero-order valence-electron chi connectivity index (χ0n) is 15.1. The fraction of sp³-hybridized carbons (Fsp3) is 0.750. The first-order valence-electron chi connectivity index (χ1n) is 7.95. The van der Waals surface area contributed by atoms with Gasteiger partial charge in [0.25, 0.3) is 0 Å². The largest absolute Gasteiger partial charge is 0.393 e. The average molecular weight is 325 g/mol. The van der Waals surface area contributed by atoms with E-state index in [9.17, 15) is 9.90 Å². The van der Waals surface area contributed by atoms with Crippen molar-refractivity contribution in [2.75, 3.05) is 27.2 Å². The van der Waals surface area contributed by atoms with Crippen molar-refractivity contribution in [3.8, 4) is 0 Å². The number of nitrogens with zero attached hydrogens (tertiary/aromatic N) is 3. The van der Waals surface area contributed by atoms with Gasteiger partial charge in [-0.2, -0.15) is 5.10 Å². The minimum Gasteiger partial charge on any atom is -0.393 e. The Morgan fingerprint density at radius 1 is 1.43 bits per heavy atom. The Balaban J connectivity index is 2.47. The summed E-state index contributed by atoms with van der Waals surface area (Å²) in [6, 6.07) is -0.126. The fourth-order valence-electron chi connectivity index (χ4n) is 2.65. The molecule has 0 aliphatic heterocycles. The second-order valence-electron chi connectivity index (χ2n) is 7.21. The molecule has 0 saturated heterocycles. The molecule has 132 valence electrons. The number of nitrogens with one attached hydrogen (secondary N) is 2. The first kappa shape index (κ1) is 19.4. The van der Waals surface area contributed by atoms with Gasteiger partial charge in [-0.1, -0.05) is 13.8 Å². The molecule has 1 heterocycles.